The summed E-state index contributed by atoms with van der Waals surface area (Å²) in [5.74, 6) is -0.884. The highest BCUT2D eigenvalue weighted by atomic mass is 19.4. The number of amides is 2. The van der Waals surface area contributed by atoms with Crippen LogP contribution in [-0.2, 0) is 0 Å². The number of hydrogen-bond acceptors (Lipinski definition) is 4. The van der Waals surface area contributed by atoms with E-state index in [1.165, 1.54) is 18.2 Å². The number of halogens is 4. The molecule has 1 fully saturated rings. The predicted molar refractivity (Wildman–Crippen MR) is 114 cm³/mol. The lowest BCUT2D eigenvalue weighted by Crippen LogP contribution is -2.54. The molecule has 1 aromatic heterocycles. The third kappa shape index (κ3) is 5.08. The quantitative estimate of drug-likeness (QED) is 0.509. The van der Waals surface area contributed by atoms with E-state index in [9.17, 15) is 27.2 Å². The largest absolute Gasteiger partial charge is 0.483 e. The maximum Gasteiger partial charge on any atom is 0.422 e. The Kier molecular flexibility index (Phi) is 6.36. The van der Waals surface area contributed by atoms with Crippen molar-refractivity contribution >= 4 is 23.0 Å². The van der Waals surface area contributed by atoms with E-state index in [4.69, 9.17) is 14.3 Å². The number of alkyl halides is 4. The first-order chi connectivity index (χ1) is 16.1. The first kappa shape index (κ1) is 23.4. The number of piperidine rings is 1. The third-order valence-electron chi connectivity index (χ3n) is 5.45. The first-order valence-corrected chi connectivity index (χ1v) is 10.4. The monoisotopic (exact) mass is 480 g/mol. The number of nitrogens with one attached hydrogen (secondary N) is 1. The molecule has 0 unspecified atom stereocenters. The van der Waals surface area contributed by atoms with Gasteiger partial charge in [-0.05, 0) is 18.6 Å². The summed E-state index contributed by atoms with van der Waals surface area (Å²) in [5, 5.41) is 12.1. The van der Waals surface area contributed by atoms with Crippen molar-refractivity contribution in [3.63, 3.8) is 0 Å². The Bertz CT molecular complexity index is 1210. The number of fused-ring (bicyclic) bond motifs is 1. The van der Waals surface area contributed by atoms with Gasteiger partial charge >= 0.3 is 12.3 Å². The van der Waals surface area contributed by atoms with Crippen LogP contribution >= 0.6 is 0 Å². The zero-order chi connectivity index (χ0) is 24.5. The molecule has 180 valence electrons. The summed E-state index contributed by atoms with van der Waals surface area (Å²) in [4.78, 5) is 24.9. The van der Waals surface area contributed by atoms with Gasteiger partial charge in [-0.15, -0.1) is 0 Å². The minimum absolute atomic E-state index is 0.00837. The van der Waals surface area contributed by atoms with Gasteiger partial charge in [-0.2, -0.15) is 13.2 Å². The lowest BCUT2D eigenvalue weighted by Gasteiger charge is -2.33. The lowest BCUT2D eigenvalue weighted by atomic mass is 10.0. The standard InChI is InChI=1S/C23H20F4N2O5/c24-16-8-9-29(22(31)32)11-17(16)28-21(30)19-10-13-4-3-6-15(20(13)34-19)14-5-1-2-7-18(14)33-12-23(25,26)27/h1-7,10,16-17H,8-9,11-12H2,(H,28,30)(H,31,32)/t16-,17-/m1/s1. The Balaban J connectivity index is 1.61. The van der Waals surface area contributed by atoms with Crippen LogP contribution in [0.3, 0.4) is 0 Å². The van der Waals surface area contributed by atoms with Crippen LogP contribution in [-0.4, -0.2) is 60.1 Å². The highest BCUT2D eigenvalue weighted by molar-refractivity contribution is 6.00. The maximum atomic E-state index is 14.3. The van der Waals surface area contributed by atoms with Crippen molar-refractivity contribution in [2.45, 2.75) is 24.8 Å². The molecule has 0 aliphatic carbocycles. The van der Waals surface area contributed by atoms with Gasteiger partial charge in [-0.3, -0.25) is 4.79 Å². The van der Waals surface area contributed by atoms with Gasteiger partial charge in [0.1, 0.15) is 17.5 Å². The number of carbonyl (C=O) groups excluding carboxylic acids is 1. The van der Waals surface area contributed by atoms with Crippen LogP contribution in [0.15, 0.2) is 52.9 Å². The number of carboxylic acid groups (broad SMARTS) is 1. The number of likely N-dealkylation sites (tertiary alicyclic amines) is 1. The molecule has 11 heteroatoms. The van der Waals surface area contributed by atoms with Gasteiger partial charge < -0.3 is 24.5 Å². The van der Waals surface area contributed by atoms with E-state index in [2.05, 4.69) is 5.32 Å². The molecule has 0 spiro atoms. The molecule has 1 saturated heterocycles. The molecule has 2 amide bonds. The summed E-state index contributed by atoms with van der Waals surface area (Å²) in [5.41, 5.74) is 0.989. The van der Waals surface area contributed by atoms with Gasteiger partial charge in [0.05, 0.1) is 6.04 Å². The van der Waals surface area contributed by atoms with Gasteiger partial charge in [-0.1, -0.05) is 36.4 Å². The van der Waals surface area contributed by atoms with Crippen LogP contribution in [0.25, 0.3) is 22.1 Å². The van der Waals surface area contributed by atoms with Gasteiger partial charge in [0, 0.05) is 29.6 Å². The average molecular weight is 480 g/mol. The van der Waals surface area contributed by atoms with Crippen molar-refractivity contribution in [1.82, 2.24) is 10.2 Å². The van der Waals surface area contributed by atoms with Crippen LogP contribution in [0.2, 0.25) is 0 Å². The van der Waals surface area contributed by atoms with Crippen LogP contribution in [0.5, 0.6) is 5.75 Å². The van der Waals surface area contributed by atoms with Crippen molar-refractivity contribution in [2.24, 2.45) is 0 Å². The Hall–Kier alpha value is -3.76. The van der Waals surface area contributed by atoms with Crippen LogP contribution < -0.4 is 10.1 Å². The third-order valence-corrected chi connectivity index (χ3v) is 5.45. The Morgan fingerprint density at radius 3 is 2.62 bits per heavy atom. The highest BCUT2D eigenvalue weighted by Gasteiger charge is 2.33. The van der Waals surface area contributed by atoms with E-state index >= 15 is 0 Å². The highest BCUT2D eigenvalue weighted by Crippen LogP contribution is 2.37. The zero-order valence-corrected chi connectivity index (χ0v) is 17.6. The summed E-state index contributed by atoms with van der Waals surface area (Å²) >= 11 is 0. The molecule has 1 aliphatic heterocycles. The molecule has 0 bridgehead atoms. The fourth-order valence-corrected chi connectivity index (χ4v) is 3.83. The Morgan fingerprint density at radius 2 is 1.88 bits per heavy atom. The van der Waals surface area contributed by atoms with Gasteiger partial charge in [0.25, 0.3) is 5.91 Å². The minimum Gasteiger partial charge on any atom is -0.483 e. The SMILES string of the molecule is O=C(N[C@@H]1CN(C(=O)O)CC[C@H]1F)c1cc2cccc(-c3ccccc3OCC(F)(F)F)c2o1. The molecule has 4 rings (SSSR count). The number of rotatable bonds is 5. The van der Waals surface area contributed by atoms with Crippen LogP contribution in [0, 0.1) is 0 Å². The molecular weight excluding hydrogens is 460 g/mol. The summed E-state index contributed by atoms with van der Waals surface area (Å²) in [6.07, 6.45) is -7.18. The van der Waals surface area contributed by atoms with Crippen molar-refractivity contribution in [1.29, 1.82) is 0 Å². The van der Waals surface area contributed by atoms with E-state index in [0.29, 0.717) is 16.5 Å². The fraction of sp³-hybridized carbons (Fsp3) is 0.304. The molecule has 3 aromatic rings. The van der Waals surface area contributed by atoms with Crippen molar-refractivity contribution in [3.05, 3.63) is 54.3 Å². The van der Waals surface area contributed by atoms with E-state index in [1.54, 1.807) is 30.3 Å². The number of furan rings is 1. The molecule has 34 heavy (non-hydrogen) atoms. The maximum absolute atomic E-state index is 14.3. The molecule has 2 aromatic carbocycles. The Morgan fingerprint density at radius 1 is 1.15 bits per heavy atom. The normalized spacial score (nSPS) is 18.6. The first-order valence-electron chi connectivity index (χ1n) is 10.4. The summed E-state index contributed by atoms with van der Waals surface area (Å²) in [6, 6.07) is 11.4. The molecule has 7 nitrogen and oxygen atoms in total. The molecular formula is C23H20F4N2O5. The van der Waals surface area contributed by atoms with Gasteiger partial charge in [0.2, 0.25) is 0 Å². The van der Waals surface area contributed by atoms with Crippen molar-refractivity contribution in [3.8, 4) is 16.9 Å². The zero-order valence-electron chi connectivity index (χ0n) is 17.6. The molecule has 2 atom stereocenters. The Labute approximate surface area is 190 Å². The molecule has 0 saturated carbocycles. The molecule has 0 radical (unpaired) electrons. The summed E-state index contributed by atoms with van der Waals surface area (Å²) in [6.45, 7) is -1.63. The topological polar surface area (TPSA) is 92.0 Å². The minimum atomic E-state index is -4.52. The van der Waals surface area contributed by atoms with Gasteiger partial charge in [-0.25, -0.2) is 9.18 Å². The number of nitrogens with zero attached hydrogens (tertiary/aromatic N) is 1. The molecule has 1 aliphatic rings. The number of benzene rings is 2. The second-order valence-electron chi connectivity index (χ2n) is 7.85. The number of carbonyl (C=O) groups is 2. The summed E-state index contributed by atoms with van der Waals surface area (Å²) in [7, 11) is 0. The molecule has 2 heterocycles. The van der Waals surface area contributed by atoms with E-state index in [1.807, 2.05) is 0 Å². The predicted octanol–water partition coefficient (Wildman–Crippen LogP) is 4.86. The van der Waals surface area contributed by atoms with Crippen LogP contribution in [0.1, 0.15) is 17.0 Å². The van der Waals surface area contributed by atoms with E-state index in [0.717, 1.165) is 4.90 Å². The fourth-order valence-electron chi connectivity index (χ4n) is 3.83. The summed E-state index contributed by atoms with van der Waals surface area (Å²) < 4.78 is 63.0. The van der Waals surface area contributed by atoms with Crippen molar-refractivity contribution in [2.75, 3.05) is 19.7 Å². The lowest BCUT2D eigenvalue weighted by molar-refractivity contribution is -0.153. The molecule has 2 N–H and O–H groups in total. The van der Waals surface area contributed by atoms with Gasteiger partial charge in [0.15, 0.2) is 12.4 Å². The van der Waals surface area contributed by atoms with E-state index in [-0.39, 0.29) is 36.6 Å². The van der Waals surface area contributed by atoms with E-state index < -0.39 is 37.0 Å². The van der Waals surface area contributed by atoms with Crippen LogP contribution in [0.4, 0.5) is 22.4 Å². The number of ether oxygens (including phenoxy) is 1. The smallest absolute Gasteiger partial charge is 0.422 e. The second kappa shape index (κ2) is 9.24. The number of para-hydroxylation sites is 2. The van der Waals surface area contributed by atoms with Crippen molar-refractivity contribution < 1.29 is 41.4 Å². The number of hydrogen-bond donors (Lipinski definition) is 2. The average Bonchev–Trinajstić information content (AvgIpc) is 3.23. The second-order valence-corrected chi connectivity index (χ2v) is 7.85.